The Hall–Kier alpha value is -2.80. The van der Waals surface area contributed by atoms with Gasteiger partial charge in [-0.2, -0.15) is 0 Å². The summed E-state index contributed by atoms with van der Waals surface area (Å²) in [7, 11) is 0. The summed E-state index contributed by atoms with van der Waals surface area (Å²) in [6.07, 6.45) is 0. The number of ether oxygens (including phenoxy) is 1. The van der Waals surface area contributed by atoms with Crippen LogP contribution in [0.15, 0.2) is 48.5 Å². The molecule has 0 aliphatic carbocycles. The van der Waals surface area contributed by atoms with Gasteiger partial charge >= 0.3 is 0 Å². The van der Waals surface area contributed by atoms with E-state index < -0.39 is 0 Å². The quantitative estimate of drug-likeness (QED) is 0.881. The molecule has 2 aromatic rings. The summed E-state index contributed by atoms with van der Waals surface area (Å²) >= 11 is 0. The third-order valence-corrected chi connectivity index (χ3v) is 2.84. The first-order valence-corrected chi connectivity index (χ1v) is 6.94. The Balaban J connectivity index is 1.86. The van der Waals surface area contributed by atoms with E-state index in [0.717, 1.165) is 5.75 Å². The van der Waals surface area contributed by atoms with Crippen LogP contribution in [0.3, 0.4) is 0 Å². The van der Waals surface area contributed by atoms with Crippen molar-refractivity contribution in [1.29, 1.82) is 0 Å². The minimum absolute atomic E-state index is 0.198. The lowest BCUT2D eigenvalue weighted by Crippen LogP contribution is -2.23. The van der Waals surface area contributed by atoms with Gasteiger partial charge in [-0.3, -0.25) is 4.79 Å². The van der Waals surface area contributed by atoms with Gasteiger partial charge in [0, 0.05) is 11.1 Å². The number of hydrogen-bond donors (Lipinski definition) is 1. The normalized spacial score (nSPS) is 9.55. The molecule has 2 aromatic carbocycles. The maximum Gasteiger partial charge on any atom is 0.252 e. The van der Waals surface area contributed by atoms with E-state index in [9.17, 15) is 9.18 Å². The predicted molar refractivity (Wildman–Crippen MR) is 83.2 cm³/mol. The molecule has 0 atom stereocenters. The maximum atomic E-state index is 12.7. The highest BCUT2D eigenvalue weighted by Crippen LogP contribution is 2.11. The van der Waals surface area contributed by atoms with Gasteiger partial charge in [0.05, 0.1) is 13.2 Å². The van der Waals surface area contributed by atoms with Crippen LogP contribution in [0.1, 0.15) is 22.8 Å². The third kappa shape index (κ3) is 4.64. The van der Waals surface area contributed by atoms with Gasteiger partial charge in [0.15, 0.2) is 0 Å². The van der Waals surface area contributed by atoms with Crippen molar-refractivity contribution in [2.75, 3.05) is 13.2 Å². The summed E-state index contributed by atoms with van der Waals surface area (Å²) < 4.78 is 18.0. The average molecular weight is 297 g/mol. The van der Waals surface area contributed by atoms with E-state index in [1.807, 2.05) is 6.92 Å². The highest BCUT2D eigenvalue weighted by molar-refractivity contribution is 5.94. The fourth-order valence-corrected chi connectivity index (χ4v) is 1.78. The highest BCUT2D eigenvalue weighted by Gasteiger charge is 2.03. The molecule has 0 aliphatic heterocycles. The molecule has 112 valence electrons. The zero-order valence-electron chi connectivity index (χ0n) is 12.2. The van der Waals surface area contributed by atoms with Crippen molar-refractivity contribution in [3.63, 3.8) is 0 Å². The van der Waals surface area contributed by atoms with Crippen molar-refractivity contribution in [1.82, 2.24) is 5.32 Å². The zero-order chi connectivity index (χ0) is 15.8. The van der Waals surface area contributed by atoms with Crippen molar-refractivity contribution in [3.05, 3.63) is 65.5 Å². The monoisotopic (exact) mass is 297 g/mol. The van der Waals surface area contributed by atoms with E-state index in [4.69, 9.17) is 4.74 Å². The molecule has 0 spiro atoms. The van der Waals surface area contributed by atoms with Gasteiger partial charge in [-0.25, -0.2) is 4.39 Å². The van der Waals surface area contributed by atoms with Gasteiger partial charge in [-0.05, 0) is 55.5 Å². The Morgan fingerprint density at radius 2 is 1.82 bits per heavy atom. The summed E-state index contributed by atoms with van der Waals surface area (Å²) in [6, 6.07) is 12.8. The molecule has 4 heteroatoms. The van der Waals surface area contributed by atoms with Crippen LogP contribution in [0, 0.1) is 17.7 Å². The topological polar surface area (TPSA) is 38.3 Å². The number of benzene rings is 2. The van der Waals surface area contributed by atoms with Crippen LogP contribution in [0.2, 0.25) is 0 Å². The summed E-state index contributed by atoms with van der Waals surface area (Å²) in [5.41, 5.74) is 1.25. The average Bonchev–Trinajstić information content (AvgIpc) is 2.54. The van der Waals surface area contributed by atoms with Crippen LogP contribution in [0.5, 0.6) is 5.75 Å². The molecular formula is C18H16FNO2. The molecule has 0 saturated carbocycles. The molecule has 0 aliphatic rings. The molecule has 1 N–H and O–H groups in total. The van der Waals surface area contributed by atoms with E-state index in [0.29, 0.717) is 17.7 Å². The predicted octanol–water partition coefficient (Wildman–Crippen LogP) is 3.01. The molecule has 1 amide bonds. The Labute approximate surface area is 129 Å². The Kier molecular flexibility index (Phi) is 5.56. The summed E-state index contributed by atoms with van der Waals surface area (Å²) in [5.74, 6) is 5.91. The molecule has 22 heavy (non-hydrogen) atoms. The molecule has 0 radical (unpaired) electrons. The first-order chi connectivity index (χ1) is 10.7. The van der Waals surface area contributed by atoms with E-state index in [1.165, 1.54) is 12.1 Å². The van der Waals surface area contributed by atoms with Crippen molar-refractivity contribution in [2.24, 2.45) is 0 Å². The van der Waals surface area contributed by atoms with Gasteiger partial charge < -0.3 is 10.1 Å². The number of carbonyl (C=O) groups is 1. The second-order valence-electron chi connectivity index (χ2n) is 4.45. The number of halogens is 1. The summed E-state index contributed by atoms with van der Waals surface area (Å²) in [5, 5.41) is 2.70. The van der Waals surface area contributed by atoms with Gasteiger partial charge in [-0.1, -0.05) is 11.8 Å². The van der Waals surface area contributed by atoms with Crippen molar-refractivity contribution in [2.45, 2.75) is 6.92 Å². The molecule has 0 heterocycles. The molecular weight excluding hydrogens is 281 g/mol. The SMILES string of the molecule is CCOc1ccc(C(=O)NCC#Cc2ccc(F)cc2)cc1. The van der Waals surface area contributed by atoms with Crippen molar-refractivity contribution >= 4 is 5.91 Å². The highest BCUT2D eigenvalue weighted by atomic mass is 19.1. The molecule has 0 saturated heterocycles. The fourth-order valence-electron chi connectivity index (χ4n) is 1.78. The number of rotatable bonds is 4. The third-order valence-electron chi connectivity index (χ3n) is 2.84. The lowest BCUT2D eigenvalue weighted by molar-refractivity contribution is 0.0958. The molecule has 0 unspecified atom stereocenters. The Morgan fingerprint density at radius 1 is 1.14 bits per heavy atom. The van der Waals surface area contributed by atoms with Crippen LogP contribution in [-0.4, -0.2) is 19.1 Å². The van der Waals surface area contributed by atoms with Crippen molar-refractivity contribution in [3.8, 4) is 17.6 Å². The lowest BCUT2D eigenvalue weighted by Gasteiger charge is -2.04. The summed E-state index contributed by atoms with van der Waals surface area (Å²) in [6.45, 7) is 2.72. The van der Waals surface area contributed by atoms with E-state index in [2.05, 4.69) is 17.2 Å². The number of nitrogens with one attached hydrogen (secondary N) is 1. The number of carbonyl (C=O) groups excluding carboxylic acids is 1. The van der Waals surface area contributed by atoms with Gasteiger partial charge in [0.25, 0.3) is 5.91 Å². The van der Waals surface area contributed by atoms with E-state index in [-0.39, 0.29) is 18.3 Å². The number of amides is 1. The van der Waals surface area contributed by atoms with Gasteiger partial charge in [0.1, 0.15) is 11.6 Å². The molecule has 2 rings (SSSR count). The van der Waals surface area contributed by atoms with Crippen LogP contribution in [0.25, 0.3) is 0 Å². The summed E-state index contributed by atoms with van der Waals surface area (Å²) in [4.78, 5) is 11.9. The zero-order valence-corrected chi connectivity index (χ0v) is 12.2. The smallest absolute Gasteiger partial charge is 0.252 e. The Bertz CT molecular complexity index is 682. The van der Waals surface area contributed by atoms with Crippen molar-refractivity contribution < 1.29 is 13.9 Å². The second kappa shape index (κ2) is 7.84. The molecule has 0 aromatic heterocycles. The van der Waals surface area contributed by atoms with Gasteiger partial charge in [-0.15, -0.1) is 0 Å². The van der Waals surface area contributed by atoms with Crippen LogP contribution >= 0.6 is 0 Å². The minimum Gasteiger partial charge on any atom is -0.494 e. The maximum absolute atomic E-state index is 12.7. The minimum atomic E-state index is -0.297. The largest absolute Gasteiger partial charge is 0.494 e. The van der Waals surface area contributed by atoms with E-state index in [1.54, 1.807) is 36.4 Å². The van der Waals surface area contributed by atoms with Crippen LogP contribution < -0.4 is 10.1 Å². The van der Waals surface area contributed by atoms with E-state index >= 15 is 0 Å². The second-order valence-corrected chi connectivity index (χ2v) is 4.45. The fraction of sp³-hybridized carbons (Fsp3) is 0.167. The Morgan fingerprint density at radius 3 is 2.45 bits per heavy atom. The van der Waals surface area contributed by atoms with Gasteiger partial charge in [0.2, 0.25) is 0 Å². The molecule has 3 nitrogen and oxygen atoms in total. The first-order valence-electron chi connectivity index (χ1n) is 6.94. The van der Waals surface area contributed by atoms with Crippen LogP contribution in [0.4, 0.5) is 4.39 Å². The lowest BCUT2D eigenvalue weighted by atomic mass is 10.2. The standard InChI is InChI=1S/C18H16FNO2/c1-2-22-17-11-7-15(8-12-17)18(21)20-13-3-4-14-5-9-16(19)10-6-14/h5-12H,2,13H2,1H3,(H,20,21). The molecule has 0 fully saturated rings. The van der Waals surface area contributed by atoms with Crippen LogP contribution in [-0.2, 0) is 0 Å². The molecule has 0 bridgehead atoms. The number of hydrogen-bond acceptors (Lipinski definition) is 2. The first kappa shape index (κ1) is 15.6.